The molecule has 0 unspecified atom stereocenters. The number of carbonyl (C=O) groups excluding carboxylic acids is 1. The topological polar surface area (TPSA) is 49.4 Å². The van der Waals surface area contributed by atoms with Crippen molar-refractivity contribution in [2.24, 2.45) is 0 Å². The molecule has 122 valence electrons. The molecular weight excluding hydrogens is 296 g/mol. The average molecular weight is 322 g/mol. The molecule has 1 aliphatic heterocycles. The Kier molecular flexibility index (Phi) is 5.62. The van der Waals surface area contributed by atoms with Gasteiger partial charge in [0.15, 0.2) is 0 Å². The van der Waals surface area contributed by atoms with Gasteiger partial charge in [-0.3, -0.25) is 4.21 Å². The van der Waals surface area contributed by atoms with Crippen LogP contribution in [0.25, 0.3) is 0 Å². The molecule has 5 heteroatoms. The fourth-order valence-electron chi connectivity index (χ4n) is 3.05. The van der Waals surface area contributed by atoms with Gasteiger partial charge < -0.3 is 10.2 Å². The molecule has 4 nitrogen and oxygen atoms in total. The Hall–Kier alpha value is -1.36. The van der Waals surface area contributed by atoms with Gasteiger partial charge in [-0.15, -0.1) is 0 Å². The Morgan fingerprint density at radius 1 is 1.36 bits per heavy atom. The monoisotopic (exact) mass is 322 g/mol. The molecule has 2 amide bonds. The van der Waals surface area contributed by atoms with Crippen molar-refractivity contribution in [3.8, 4) is 0 Å². The lowest BCUT2D eigenvalue weighted by atomic mass is 9.89. The fourth-order valence-corrected chi connectivity index (χ4v) is 3.84. The van der Waals surface area contributed by atoms with Gasteiger partial charge in [-0.05, 0) is 36.0 Å². The summed E-state index contributed by atoms with van der Waals surface area (Å²) in [6, 6.07) is 6.27. The molecule has 22 heavy (non-hydrogen) atoms. The molecule has 0 fully saturated rings. The van der Waals surface area contributed by atoms with Crippen LogP contribution in [0.4, 0.5) is 4.79 Å². The summed E-state index contributed by atoms with van der Waals surface area (Å²) in [5.74, 6) is 1.00. The number of carbonyl (C=O) groups is 1. The summed E-state index contributed by atoms with van der Waals surface area (Å²) in [6.45, 7) is 7.71. The number of rotatable bonds is 4. The Balaban J connectivity index is 2.04. The van der Waals surface area contributed by atoms with Gasteiger partial charge in [-0.2, -0.15) is 0 Å². The van der Waals surface area contributed by atoms with E-state index < -0.39 is 10.8 Å². The highest BCUT2D eigenvalue weighted by Crippen LogP contribution is 2.27. The van der Waals surface area contributed by atoms with E-state index in [2.05, 4.69) is 37.4 Å². The first-order valence-corrected chi connectivity index (χ1v) is 9.57. The standard InChI is InChI=1S/C17H26N2O2S/c1-12(2)15-7-5-6-14-10-19(9-8-16(14)15)17(20)18-13(3)11-22(4)21/h5-7,12-13H,8-11H2,1-4H3,(H,18,20)/t13-,22-/m0/s1. The van der Waals surface area contributed by atoms with E-state index in [0.29, 0.717) is 18.2 Å². The first-order chi connectivity index (χ1) is 10.4. The van der Waals surface area contributed by atoms with Crippen molar-refractivity contribution in [2.75, 3.05) is 18.6 Å². The maximum Gasteiger partial charge on any atom is 0.317 e. The third-order valence-corrected chi connectivity index (χ3v) is 5.04. The normalized spacial score (nSPS) is 17.0. The zero-order valence-corrected chi connectivity index (χ0v) is 14.7. The largest absolute Gasteiger partial charge is 0.335 e. The molecule has 1 aliphatic rings. The highest BCUT2D eigenvalue weighted by atomic mass is 32.2. The molecule has 2 rings (SSSR count). The number of benzene rings is 1. The minimum absolute atomic E-state index is 0.0569. The fraction of sp³-hybridized carbons (Fsp3) is 0.588. The van der Waals surface area contributed by atoms with Gasteiger partial charge in [-0.1, -0.05) is 32.0 Å². The average Bonchev–Trinajstić information content (AvgIpc) is 2.44. The molecule has 0 saturated carbocycles. The van der Waals surface area contributed by atoms with E-state index >= 15 is 0 Å². The van der Waals surface area contributed by atoms with E-state index in [9.17, 15) is 9.00 Å². The molecule has 0 spiro atoms. The van der Waals surface area contributed by atoms with Gasteiger partial charge in [0.05, 0.1) is 0 Å². The maximum atomic E-state index is 12.3. The Labute approximate surface area is 135 Å². The van der Waals surface area contributed by atoms with Gasteiger partial charge >= 0.3 is 6.03 Å². The number of urea groups is 1. The predicted molar refractivity (Wildman–Crippen MR) is 91.6 cm³/mol. The Bertz CT molecular complexity index is 572. The summed E-state index contributed by atoms with van der Waals surface area (Å²) in [4.78, 5) is 14.2. The SMILES string of the molecule is CC(C)c1cccc2c1CCN(C(=O)N[C@@H](C)C[S@](C)=O)C2. The highest BCUT2D eigenvalue weighted by Gasteiger charge is 2.23. The quantitative estimate of drug-likeness (QED) is 0.926. The first-order valence-electron chi connectivity index (χ1n) is 7.84. The molecule has 1 heterocycles. The van der Waals surface area contributed by atoms with E-state index in [-0.39, 0.29) is 12.1 Å². The minimum atomic E-state index is -0.895. The zero-order valence-electron chi connectivity index (χ0n) is 13.9. The molecule has 1 aromatic rings. The van der Waals surface area contributed by atoms with Crippen LogP contribution >= 0.6 is 0 Å². The van der Waals surface area contributed by atoms with Crippen LogP contribution in [-0.2, 0) is 23.8 Å². The summed E-state index contributed by atoms with van der Waals surface area (Å²) >= 11 is 0. The number of hydrogen-bond donors (Lipinski definition) is 1. The predicted octanol–water partition coefficient (Wildman–Crippen LogP) is 2.64. The molecule has 1 N–H and O–H groups in total. The van der Waals surface area contributed by atoms with Crippen LogP contribution < -0.4 is 5.32 Å². The highest BCUT2D eigenvalue weighted by molar-refractivity contribution is 7.84. The second kappa shape index (κ2) is 7.27. The van der Waals surface area contributed by atoms with E-state index in [1.807, 2.05) is 11.8 Å². The smallest absolute Gasteiger partial charge is 0.317 e. The van der Waals surface area contributed by atoms with Gasteiger partial charge in [0.2, 0.25) is 0 Å². The molecular formula is C17H26N2O2S. The van der Waals surface area contributed by atoms with Gasteiger partial charge in [-0.25, -0.2) is 4.79 Å². The van der Waals surface area contributed by atoms with Crippen molar-refractivity contribution >= 4 is 16.8 Å². The summed E-state index contributed by atoms with van der Waals surface area (Å²) in [6.07, 6.45) is 2.57. The summed E-state index contributed by atoms with van der Waals surface area (Å²) in [7, 11) is -0.895. The second-order valence-corrected chi connectivity index (χ2v) is 7.88. The molecule has 0 saturated heterocycles. The first kappa shape index (κ1) is 17.0. The summed E-state index contributed by atoms with van der Waals surface area (Å²) in [5.41, 5.74) is 4.05. The van der Waals surface area contributed by atoms with Crippen LogP contribution in [0.15, 0.2) is 18.2 Å². The number of amides is 2. The van der Waals surface area contributed by atoms with E-state index in [1.54, 1.807) is 6.26 Å². The summed E-state index contributed by atoms with van der Waals surface area (Å²) < 4.78 is 11.2. The molecule has 0 aliphatic carbocycles. The summed E-state index contributed by atoms with van der Waals surface area (Å²) in [5, 5.41) is 2.94. The minimum Gasteiger partial charge on any atom is -0.335 e. The number of nitrogens with one attached hydrogen (secondary N) is 1. The molecule has 0 bridgehead atoms. The molecule has 1 aromatic carbocycles. The van der Waals surface area contributed by atoms with E-state index in [0.717, 1.165) is 13.0 Å². The lowest BCUT2D eigenvalue weighted by Gasteiger charge is -2.31. The molecule has 0 radical (unpaired) electrons. The Morgan fingerprint density at radius 3 is 2.73 bits per heavy atom. The van der Waals surface area contributed by atoms with Crippen molar-refractivity contribution in [2.45, 2.75) is 45.7 Å². The van der Waals surface area contributed by atoms with Crippen molar-refractivity contribution in [3.05, 3.63) is 34.9 Å². The van der Waals surface area contributed by atoms with Crippen LogP contribution in [0.3, 0.4) is 0 Å². The lowest BCUT2D eigenvalue weighted by molar-refractivity contribution is 0.190. The lowest BCUT2D eigenvalue weighted by Crippen LogP contribution is -2.47. The second-order valence-electron chi connectivity index (χ2n) is 6.40. The number of hydrogen-bond acceptors (Lipinski definition) is 2. The van der Waals surface area contributed by atoms with Gasteiger partial charge in [0.25, 0.3) is 0 Å². The third kappa shape index (κ3) is 4.09. The molecule has 2 atom stereocenters. The number of fused-ring (bicyclic) bond motifs is 1. The van der Waals surface area contributed by atoms with E-state index in [4.69, 9.17) is 0 Å². The third-order valence-electron chi connectivity index (χ3n) is 4.07. The van der Waals surface area contributed by atoms with Crippen LogP contribution in [0.5, 0.6) is 0 Å². The Morgan fingerprint density at radius 2 is 2.09 bits per heavy atom. The van der Waals surface area contributed by atoms with Gasteiger partial charge in [0.1, 0.15) is 0 Å². The van der Waals surface area contributed by atoms with Crippen LogP contribution in [0.2, 0.25) is 0 Å². The maximum absolute atomic E-state index is 12.3. The van der Waals surface area contributed by atoms with Crippen molar-refractivity contribution in [1.29, 1.82) is 0 Å². The van der Waals surface area contributed by atoms with Gasteiger partial charge in [0, 0.05) is 41.9 Å². The van der Waals surface area contributed by atoms with Crippen LogP contribution in [0, 0.1) is 0 Å². The zero-order chi connectivity index (χ0) is 16.3. The molecule has 0 aromatic heterocycles. The van der Waals surface area contributed by atoms with E-state index in [1.165, 1.54) is 16.7 Å². The van der Waals surface area contributed by atoms with Crippen LogP contribution in [-0.4, -0.2) is 39.7 Å². The van der Waals surface area contributed by atoms with Crippen molar-refractivity contribution in [3.63, 3.8) is 0 Å². The van der Waals surface area contributed by atoms with Crippen molar-refractivity contribution in [1.82, 2.24) is 10.2 Å². The van der Waals surface area contributed by atoms with Crippen molar-refractivity contribution < 1.29 is 9.00 Å². The number of nitrogens with zero attached hydrogens (tertiary/aromatic N) is 1. The van der Waals surface area contributed by atoms with Crippen LogP contribution in [0.1, 0.15) is 43.4 Å².